The number of unbranched alkanes of at least 4 members (excludes halogenated alkanes) is 1. The number of amides is 1. The summed E-state index contributed by atoms with van der Waals surface area (Å²) in [7, 11) is 0. The summed E-state index contributed by atoms with van der Waals surface area (Å²) in [5.41, 5.74) is 4.71. The Kier molecular flexibility index (Phi) is 7.56. The molecule has 4 rings (SSSR count). The Hall–Kier alpha value is -3.28. The zero-order chi connectivity index (χ0) is 24.1. The number of anilines is 1. The fourth-order valence-corrected chi connectivity index (χ4v) is 4.51. The number of rotatable bonds is 7. The van der Waals surface area contributed by atoms with E-state index in [1.165, 1.54) is 30.5 Å². The Morgan fingerprint density at radius 2 is 1.74 bits per heavy atom. The molecular weight excluding hydrogens is 427 g/mol. The molecule has 2 heterocycles. The van der Waals surface area contributed by atoms with E-state index in [2.05, 4.69) is 35.9 Å². The molecule has 0 N–H and O–H groups in total. The highest BCUT2D eigenvalue weighted by molar-refractivity contribution is 5.94. The quantitative estimate of drug-likeness (QED) is 0.470. The van der Waals surface area contributed by atoms with E-state index in [1.807, 2.05) is 30.0 Å². The topological polar surface area (TPSA) is 49.3 Å². The first kappa shape index (κ1) is 23.9. The molecule has 1 aromatic heterocycles. The summed E-state index contributed by atoms with van der Waals surface area (Å²) in [5.74, 6) is 1.20. The molecule has 0 unspecified atom stereocenters. The number of halogens is 1. The molecule has 5 nitrogen and oxygen atoms in total. The first-order valence-corrected chi connectivity index (χ1v) is 12.3. The van der Waals surface area contributed by atoms with Gasteiger partial charge in [-0.3, -0.25) is 4.79 Å². The molecule has 2 aromatic carbocycles. The molecule has 1 amide bonds. The molecule has 1 aliphatic heterocycles. The zero-order valence-electron chi connectivity index (χ0n) is 20.4. The number of nitrogens with zero attached hydrogens (tertiary/aromatic N) is 4. The lowest BCUT2D eigenvalue weighted by Crippen LogP contribution is -2.49. The minimum atomic E-state index is -0.301. The van der Waals surface area contributed by atoms with Crippen LogP contribution in [0.2, 0.25) is 0 Å². The second-order valence-corrected chi connectivity index (χ2v) is 8.88. The highest BCUT2D eigenvalue weighted by Gasteiger charge is 2.25. The van der Waals surface area contributed by atoms with Crippen molar-refractivity contribution in [2.45, 2.75) is 46.5 Å². The number of hydrogen-bond donors (Lipinski definition) is 0. The Balaban J connectivity index is 1.48. The third-order valence-corrected chi connectivity index (χ3v) is 6.51. The Morgan fingerprint density at radius 3 is 2.38 bits per heavy atom. The number of benzene rings is 2. The van der Waals surface area contributed by atoms with Crippen LogP contribution in [0.25, 0.3) is 11.4 Å². The summed E-state index contributed by atoms with van der Waals surface area (Å²) in [6.45, 7) is 8.94. The predicted molar refractivity (Wildman–Crippen MR) is 135 cm³/mol. The van der Waals surface area contributed by atoms with E-state index < -0.39 is 0 Å². The SMILES string of the molecule is CCCCc1ccc(C(=O)N2CCN(c3nc(-c4cccc(F)c4)nc(C)c3CC)CC2)cc1. The highest BCUT2D eigenvalue weighted by Crippen LogP contribution is 2.27. The molecule has 1 fully saturated rings. The van der Waals surface area contributed by atoms with Gasteiger partial charge in [-0.05, 0) is 56.0 Å². The lowest BCUT2D eigenvalue weighted by Gasteiger charge is -2.36. The smallest absolute Gasteiger partial charge is 0.253 e. The van der Waals surface area contributed by atoms with Crippen LogP contribution in [-0.2, 0) is 12.8 Å². The fourth-order valence-electron chi connectivity index (χ4n) is 4.51. The third-order valence-electron chi connectivity index (χ3n) is 6.51. The van der Waals surface area contributed by atoms with E-state index in [4.69, 9.17) is 4.98 Å². The van der Waals surface area contributed by atoms with Crippen molar-refractivity contribution in [2.75, 3.05) is 31.1 Å². The zero-order valence-corrected chi connectivity index (χ0v) is 20.4. The van der Waals surface area contributed by atoms with Crippen LogP contribution in [0.15, 0.2) is 48.5 Å². The van der Waals surface area contributed by atoms with Gasteiger partial charge in [-0.2, -0.15) is 0 Å². The van der Waals surface area contributed by atoms with Crippen molar-refractivity contribution in [3.8, 4) is 11.4 Å². The second kappa shape index (κ2) is 10.8. The molecule has 1 saturated heterocycles. The molecular formula is C28H33FN4O. The molecule has 0 spiro atoms. The van der Waals surface area contributed by atoms with Gasteiger partial charge in [0.05, 0.1) is 0 Å². The summed E-state index contributed by atoms with van der Waals surface area (Å²) in [4.78, 5) is 26.7. The first-order valence-electron chi connectivity index (χ1n) is 12.3. The van der Waals surface area contributed by atoms with Crippen molar-refractivity contribution in [1.29, 1.82) is 0 Å². The Labute approximate surface area is 201 Å². The van der Waals surface area contributed by atoms with E-state index in [-0.39, 0.29) is 11.7 Å². The van der Waals surface area contributed by atoms with Gasteiger partial charge in [0.15, 0.2) is 5.82 Å². The molecule has 0 bridgehead atoms. The average molecular weight is 461 g/mol. The van der Waals surface area contributed by atoms with E-state index in [9.17, 15) is 9.18 Å². The minimum absolute atomic E-state index is 0.0803. The maximum absolute atomic E-state index is 13.8. The number of hydrogen-bond acceptors (Lipinski definition) is 4. The van der Waals surface area contributed by atoms with Crippen molar-refractivity contribution in [2.24, 2.45) is 0 Å². The van der Waals surface area contributed by atoms with E-state index >= 15 is 0 Å². The fraction of sp³-hybridized carbons (Fsp3) is 0.393. The molecule has 0 radical (unpaired) electrons. The molecule has 6 heteroatoms. The number of aromatic nitrogens is 2. The predicted octanol–water partition coefficient (Wildman–Crippen LogP) is 5.46. The van der Waals surface area contributed by atoms with Crippen LogP contribution < -0.4 is 4.90 Å². The average Bonchev–Trinajstić information content (AvgIpc) is 2.87. The van der Waals surface area contributed by atoms with Crippen molar-refractivity contribution in [3.63, 3.8) is 0 Å². The van der Waals surface area contributed by atoms with Gasteiger partial charge in [0.2, 0.25) is 0 Å². The summed E-state index contributed by atoms with van der Waals surface area (Å²) in [6, 6.07) is 14.5. The first-order chi connectivity index (χ1) is 16.5. The van der Waals surface area contributed by atoms with Gasteiger partial charge in [0.25, 0.3) is 5.91 Å². The molecule has 3 aromatic rings. The molecule has 178 valence electrons. The van der Waals surface area contributed by atoms with Crippen LogP contribution in [0, 0.1) is 12.7 Å². The second-order valence-electron chi connectivity index (χ2n) is 8.88. The lowest BCUT2D eigenvalue weighted by molar-refractivity contribution is 0.0746. The Bertz CT molecular complexity index is 1140. The van der Waals surface area contributed by atoms with Gasteiger partial charge in [0, 0.05) is 48.6 Å². The van der Waals surface area contributed by atoms with Gasteiger partial charge in [0.1, 0.15) is 11.6 Å². The normalized spacial score (nSPS) is 13.9. The maximum atomic E-state index is 13.8. The summed E-state index contributed by atoms with van der Waals surface area (Å²) in [5, 5.41) is 0. The lowest BCUT2D eigenvalue weighted by atomic mass is 10.1. The van der Waals surface area contributed by atoms with E-state index in [1.54, 1.807) is 6.07 Å². The highest BCUT2D eigenvalue weighted by atomic mass is 19.1. The van der Waals surface area contributed by atoms with Crippen molar-refractivity contribution in [3.05, 3.63) is 76.7 Å². The van der Waals surface area contributed by atoms with Crippen molar-refractivity contribution >= 4 is 11.7 Å². The maximum Gasteiger partial charge on any atom is 0.253 e. The van der Waals surface area contributed by atoms with Gasteiger partial charge in [-0.25, -0.2) is 14.4 Å². The van der Waals surface area contributed by atoms with Crippen molar-refractivity contribution in [1.82, 2.24) is 14.9 Å². The minimum Gasteiger partial charge on any atom is -0.353 e. The van der Waals surface area contributed by atoms with Gasteiger partial charge in [-0.15, -0.1) is 0 Å². The van der Waals surface area contributed by atoms with E-state index in [0.29, 0.717) is 37.6 Å². The number of piperazine rings is 1. The summed E-state index contributed by atoms with van der Waals surface area (Å²) in [6.07, 6.45) is 4.20. The molecule has 1 aliphatic rings. The molecule has 34 heavy (non-hydrogen) atoms. The van der Waals surface area contributed by atoms with Crippen LogP contribution in [-0.4, -0.2) is 47.0 Å². The van der Waals surface area contributed by atoms with Crippen LogP contribution >= 0.6 is 0 Å². The van der Waals surface area contributed by atoms with Crippen LogP contribution in [0.5, 0.6) is 0 Å². The number of aryl methyl sites for hydroxylation is 2. The van der Waals surface area contributed by atoms with Crippen LogP contribution in [0.4, 0.5) is 10.2 Å². The standard InChI is InChI=1S/C28H33FN4O/c1-4-6-8-21-11-13-22(14-12-21)28(34)33-17-15-32(16-18-33)27-25(5-2)20(3)30-26(31-27)23-9-7-10-24(29)19-23/h7,9-14,19H,4-6,8,15-18H2,1-3H3. The summed E-state index contributed by atoms with van der Waals surface area (Å²) < 4.78 is 13.8. The Morgan fingerprint density at radius 1 is 1.00 bits per heavy atom. The largest absolute Gasteiger partial charge is 0.353 e. The third kappa shape index (κ3) is 5.27. The van der Waals surface area contributed by atoms with Crippen LogP contribution in [0.3, 0.4) is 0 Å². The van der Waals surface area contributed by atoms with E-state index in [0.717, 1.165) is 35.5 Å². The van der Waals surface area contributed by atoms with Crippen LogP contribution in [0.1, 0.15) is 53.9 Å². The molecule has 0 aliphatic carbocycles. The van der Waals surface area contributed by atoms with Gasteiger partial charge in [-0.1, -0.05) is 44.5 Å². The summed E-state index contributed by atoms with van der Waals surface area (Å²) >= 11 is 0. The van der Waals surface area contributed by atoms with Gasteiger partial charge >= 0.3 is 0 Å². The molecule has 0 atom stereocenters. The van der Waals surface area contributed by atoms with Gasteiger partial charge < -0.3 is 9.80 Å². The van der Waals surface area contributed by atoms with Crippen molar-refractivity contribution < 1.29 is 9.18 Å². The monoisotopic (exact) mass is 460 g/mol. The number of carbonyl (C=O) groups is 1. The molecule has 0 saturated carbocycles. The number of carbonyl (C=O) groups excluding carboxylic acids is 1.